The van der Waals surface area contributed by atoms with Crippen molar-refractivity contribution in [3.63, 3.8) is 0 Å². The summed E-state index contributed by atoms with van der Waals surface area (Å²) >= 11 is 0. The SMILES string of the molecule is CC#CCC(C)(C(C)=O)C(C)=O. The van der Waals surface area contributed by atoms with Gasteiger partial charge in [-0.1, -0.05) is 0 Å². The molecule has 0 radical (unpaired) electrons. The first-order valence-corrected chi connectivity index (χ1v) is 3.87. The number of hydrogen-bond acceptors (Lipinski definition) is 2. The second kappa shape index (κ2) is 4.06. The molecule has 0 aromatic heterocycles. The third-order valence-corrected chi connectivity index (χ3v) is 2.17. The van der Waals surface area contributed by atoms with Crippen molar-refractivity contribution < 1.29 is 9.59 Å². The highest BCUT2D eigenvalue weighted by Gasteiger charge is 2.33. The molecule has 0 atom stereocenters. The Morgan fingerprint density at radius 3 is 1.92 bits per heavy atom. The lowest BCUT2D eigenvalue weighted by Gasteiger charge is -2.19. The number of rotatable bonds is 3. The van der Waals surface area contributed by atoms with Crippen LogP contribution in [-0.2, 0) is 9.59 Å². The van der Waals surface area contributed by atoms with Gasteiger partial charge >= 0.3 is 0 Å². The Labute approximate surface area is 73.3 Å². The Morgan fingerprint density at radius 1 is 1.25 bits per heavy atom. The van der Waals surface area contributed by atoms with Crippen LogP contribution >= 0.6 is 0 Å². The fourth-order valence-electron chi connectivity index (χ4n) is 0.762. The van der Waals surface area contributed by atoms with E-state index in [4.69, 9.17) is 0 Å². The summed E-state index contributed by atoms with van der Waals surface area (Å²) < 4.78 is 0. The molecule has 0 spiro atoms. The minimum atomic E-state index is -0.900. The smallest absolute Gasteiger partial charge is 0.144 e. The zero-order chi connectivity index (χ0) is 9.78. The van der Waals surface area contributed by atoms with Gasteiger partial charge in [0.1, 0.15) is 11.6 Å². The van der Waals surface area contributed by atoms with Crippen LogP contribution in [0.15, 0.2) is 0 Å². The summed E-state index contributed by atoms with van der Waals surface area (Å²) in [4.78, 5) is 22.2. The lowest BCUT2D eigenvalue weighted by atomic mass is 9.79. The normalized spacial score (nSPS) is 10.0. The number of carbonyl (C=O) groups is 2. The molecule has 0 aliphatic rings. The van der Waals surface area contributed by atoms with Crippen LogP contribution in [0.5, 0.6) is 0 Å². The van der Waals surface area contributed by atoms with E-state index in [9.17, 15) is 9.59 Å². The minimum Gasteiger partial charge on any atom is -0.299 e. The number of hydrogen-bond donors (Lipinski definition) is 0. The lowest BCUT2D eigenvalue weighted by Crippen LogP contribution is -2.32. The maximum Gasteiger partial charge on any atom is 0.144 e. The Morgan fingerprint density at radius 2 is 1.67 bits per heavy atom. The van der Waals surface area contributed by atoms with E-state index >= 15 is 0 Å². The van der Waals surface area contributed by atoms with Crippen molar-refractivity contribution in [2.75, 3.05) is 0 Å². The lowest BCUT2D eigenvalue weighted by molar-refractivity contribution is -0.136. The molecule has 2 nitrogen and oxygen atoms in total. The van der Waals surface area contributed by atoms with Gasteiger partial charge in [0.2, 0.25) is 0 Å². The van der Waals surface area contributed by atoms with Gasteiger partial charge in [-0.2, -0.15) is 0 Å². The van der Waals surface area contributed by atoms with Crippen molar-refractivity contribution in [3.8, 4) is 11.8 Å². The Balaban J connectivity index is 4.71. The van der Waals surface area contributed by atoms with Crippen LogP contribution in [0.4, 0.5) is 0 Å². The van der Waals surface area contributed by atoms with E-state index in [1.807, 2.05) is 0 Å². The molecule has 0 N–H and O–H groups in total. The van der Waals surface area contributed by atoms with Crippen LogP contribution in [0.2, 0.25) is 0 Å². The van der Waals surface area contributed by atoms with E-state index in [2.05, 4.69) is 11.8 Å². The van der Waals surface area contributed by atoms with Crippen LogP contribution in [0.25, 0.3) is 0 Å². The van der Waals surface area contributed by atoms with Crippen LogP contribution in [0.1, 0.15) is 34.1 Å². The van der Waals surface area contributed by atoms with Gasteiger partial charge in [-0.3, -0.25) is 9.59 Å². The molecular formula is C10H14O2. The third-order valence-electron chi connectivity index (χ3n) is 2.17. The first-order chi connectivity index (χ1) is 5.45. The summed E-state index contributed by atoms with van der Waals surface area (Å²) in [6, 6.07) is 0. The molecule has 0 aliphatic heterocycles. The second-order valence-electron chi connectivity index (χ2n) is 3.05. The van der Waals surface area contributed by atoms with Crippen molar-refractivity contribution in [1.29, 1.82) is 0 Å². The standard InChI is InChI=1S/C10H14O2/c1-5-6-7-10(4,8(2)11)9(3)12/h7H2,1-4H3. The van der Waals surface area contributed by atoms with Gasteiger partial charge in [-0.05, 0) is 27.7 Å². The molecule has 0 saturated heterocycles. The Kier molecular flexibility index (Phi) is 3.69. The van der Waals surface area contributed by atoms with Crippen LogP contribution in [0, 0.1) is 17.3 Å². The molecule has 66 valence electrons. The molecule has 2 heteroatoms. The van der Waals surface area contributed by atoms with Crippen LogP contribution in [0.3, 0.4) is 0 Å². The van der Waals surface area contributed by atoms with E-state index in [0.29, 0.717) is 6.42 Å². The van der Waals surface area contributed by atoms with Gasteiger partial charge in [0.15, 0.2) is 0 Å². The highest BCUT2D eigenvalue weighted by molar-refractivity contribution is 6.04. The van der Waals surface area contributed by atoms with Gasteiger partial charge in [-0.15, -0.1) is 11.8 Å². The van der Waals surface area contributed by atoms with E-state index < -0.39 is 5.41 Å². The molecule has 0 rings (SSSR count). The van der Waals surface area contributed by atoms with Crippen molar-refractivity contribution in [2.45, 2.75) is 34.1 Å². The highest BCUT2D eigenvalue weighted by Crippen LogP contribution is 2.23. The summed E-state index contributed by atoms with van der Waals surface area (Å²) in [5, 5.41) is 0. The van der Waals surface area contributed by atoms with Crippen molar-refractivity contribution >= 4 is 11.6 Å². The summed E-state index contributed by atoms with van der Waals surface area (Å²) in [6.45, 7) is 6.19. The predicted octanol–water partition coefficient (Wildman–Crippen LogP) is 1.58. The highest BCUT2D eigenvalue weighted by atomic mass is 16.2. The average molecular weight is 166 g/mol. The number of Topliss-reactive ketones (excluding diaryl/α,β-unsaturated/α-hetero) is 2. The zero-order valence-corrected chi connectivity index (χ0v) is 8.02. The molecule has 0 aliphatic carbocycles. The van der Waals surface area contributed by atoms with Crippen molar-refractivity contribution in [1.82, 2.24) is 0 Å². The number of ketones is 2. The van der Waals surface area contributed by atoms with Gasteiger partial charge in [0.25, 0.3) is 0 Å². The van der Waals surface area contributed by atoms with Crippen molar-refractivity contribution in [2.24, 2.45) is 5.41 Å². The predicted molar refractivity (Wildman–Crippen MR) is 47.5 cm³/mol. The van der Waals surface area contributed by atoms with Crippen LogP contribution < -0.4 is 0 Å². The fourth-order valence-corrected chi connectivity index (χ4v) is 0.762. The van der Waals surface area contributed by atoms with E-state index in [1.165, 1.54) is 13.8 Å². The van der Waals surface area contributed by atoms with E-state index in [0.717, 1.165) is 0 Å². The molecule has 0 amide bonds. The minimum absolute atomic E-state index is 0.113. The molecule has 0 bridgehead atoms. The largest absolute Gasteiger partial charge is 0.299 e. The Hall–Kier alpha value is -1.10. The summed E-state index contributed by atoms with van der Waals surface area (Å²) in [7, 11) is 0. The third kappa shape index (κ3) is 2.20. The summed E-state index contributed by atoms with van der Waals surface area (Å²) in [5.41, 5.74) is -0.900. The topological polar surface area (TPSA) is 34.1 Å². The molecule has 0 heterocycles. The first kappa shape index (κ1) is 10.9. The van der Waals surface area contributed by atoms with E-state index in [1.54, 1.807) is 13.8 Å². The van der Waals surface area contributed by atoms with Crippen molar-refractivity contribution in [3.05, 3.63) is 0 Å². The monoisotopic (exact) mass is 166 g/mol. The molecule has 0 aromatic rings. The molecule has 0 unspecified atom stereocenters. The maximum absolute atomic E-state index is 11.1. The van der Waals surface area contributed by atoms with Gasteiger partial charge in [-0.25, -0.2) is 0 Å². The van der Waals surface area contributed by atoms with Gasteiger partial charge in [0, 0.05) is 6.42 Å². The first-order valence-electron chi connectivity index (χ1n) is 3.87. The zero-order valence-electron chi connectivity index (χ0n) is 8.02. The fraction of sp³-hybridized carbons (Fsp3) is 0.600. The maximum atomic E-state index is 11.1. The molecule has 12 heavy (non-hydrogen) atoms. The molecule has 0 fully saturated rings. The molecular weight excluding hydrogens is 152 g/mol. The molecule has 0 saturated carbocycles. The van der Waals surface area contributed by atoms with Gasteiger partial charge < -0.3 is 0 Å². The second-order valence-corrected chi connectivity index (χ2v) is 3.05. The summed E-state index contributed by atoms with van der Waals surface area (Å²) in [5.74, 6) is 5.21. The number of carbonyl (C=O) groups excluding carboxylic acids is 2. The van der Waals surface area contributed by atoms with Gasteiger partial charge in [0.05, 0.1) is 5.41 Å². The van der Waals surface area contributed by atoms with E-state index in [-0.39, 0.29) is 11.6 Å². The average Bonchev–Trinajstić information content (AvgIpc) is 1.99. The molecule has 0 aromatic carbocycles. The van der Waals surface area contributed by atoms with Crippen LogP contribution in [-0.4, -0.2) is 11.6 Å². The summed E-state index contributed by atoms with van der Waals surface area (Å²) in [6.07, 6.45) is 0.328. The Bertz CT molecular complexity index is 239. The quantitative estimate of drug-likeness (QED) is 0.471.